The van der Waals surface area contributed by atoms with Crippen LogP contribution in [0, 0.1) is 10.1 Å². The topological polar surface area (TPSA) is 132 Å². The number of benzene rings is 2. The summed E-state index contributed by atoms with van der Waals surface area (Å²) in [5.74, 6) is -1.65. The number of carbonyl (C=O) groups excluding carboxylic acids is 2. The van der Waals surface area contributed by atoms with Crippen LogP contribution in [0.15, 0.2) is 59.6 Å². The van der Waals surface area contributed by atoms with Gasteiger partial charge in [0.1, 0.15) is 12.3 Å². The number of carbonyl (C=O) groups is 2. The van der Waals surface area contributed by atoms with Crippen LogP contribution in [0.1, 0.15) is 12.8 Å². The molecule has 1 aliphatic rings. The van der Waals surface area contributed by atoms with Gasteiger partial charge in [0.25, 0.3) is 5.69 Å². The third-order valence-corrected chi connectivity index (χ3v) is 7.17. The van der Waals surface area contributed by atoms with Gasteiger partial charge in [-0.05, 0) is 31.0 Å². The summed E-state index contributed by atoms with van der Waals surface area (Å²) in [4.78, 5) is 37.0. The van der Waals surface area contributed by atoms with Crippen molar-refractivity contribution in [3.8, 4) is 0 Å². The maximum absolute atomic E-state index is 13.1. The highest BCUT2D eigenvalue weighted by Crippen LogP contribution is 2.27. The molecule has 3 aromatic rings. The van der Waals surface area contributed by atoms with Gasteiger partial charge in [-0.1, -0.05) is 18.2 Å². The van der Waals surface area contributed by atoms with Crippen molar-refractivity contribution in [1.29, 1.82) is 0 Å². The highest BCUT2D eigenvalue weighted by molar-refractivity contribution is 7.92. The predicted molar refractivity (Wildman–Crippen MR) is 122 cm³/mol. The van der Waals surface area contributed by atoms with E-state index in [0.717, 1.165) is 12.8 Å². The lowest BCUT2D eigenvalue weighted by molar-refractivity contribution is -0.384. The van der Waals surface area contributed by atoms with Gasteiger partial charge in [-0.3, -0.25) is 19.7 Å². The molecule has 0 unspecified atom stereocenters. The van der Waals surface area contributed by atoms with E-state index in [1.807, 2.05) is 0 Å². The molecule has 0 bridgehead atoms. The first kappa shape index (κ1) is 22.5. The number of hydrogen-bond donors (Lipinski definition) is 1. The second-order valence-corrected chi connectivity index (χ2v) is 9.80. The van der Waals surface area contributed by atoms with Crippen LogP contribution in [0.5, 0.6) is 0 Å². The average molecular weight is 471 g/mol. The second kappa shape index (κ2) is 9.02. The first-order chi connectivity index (χ1) is 15.7. The molecule has 4 rings (SSSR count). The van der Waals surface area contributed by atoms with Gasteiger partial charge >= 0.3 is 0 Å². The first-order valence-electron chi connectivity index (χ1n) is 10.4. The van der Waals surface area contributed by atoms with Crippen LogP contribution < -0.4 is 5.32 Å². The molecule has 1 N–H and O–H groups in total. The monoisotopic (exact) mass is 470 g/mol. The Labute approximate surface area is 189 Å². The Kier molecular flexibility index (Phi) is 6.14. The van der Waals surface area contributed by atoms with E-state index in [9.17, 15) is 28.1 Å². The van der Waals surface area contributed by atoms with E-state index in [-0.39, 0.29) is 28.7 Å². The number of amides is 2. The summed E-state index contributed by atoms with van der Waals surface area (Å²) >= 11 is 0. The Morgan fingerprint density at radius 1 is 1.03 bits per heavy atom. The normalized spacial score (nSPS) is 13.9. The van der Waals surface area contributed by atoms with Crippen molar-refractivity contribution in [3.05, 3.63) is 64.8 Å². The largest absolute Gasteiger partial charge is 0.341 e. The average Bonchev–Trinajstić information content (AvgIpc) is 3.43. The summed E-state index contributed by atoms with van der Waals surface area (Å²) < 4.78 is 27.8. The van der Waals surface area contributed by atoms with Crippen LogP contribution >= 0.6 is 0 Å². The fourth-order valence-electron chi connectivity index (χ4n) is 3.92. The van der Waals surface area contributed by atoms with Gasteiger partial charge in [0, 0.05) is 48.0 Å². The van der Waals surface area contributed by atoms with Gasteiger partial charge in [-0.15, -0.1) is 0 Å². The fourth-order valence-corrected chi connectivity index (χ4v) is 5.29. The summed E-state index contributed by atoms with van der Waals surface area (Å²) in [6.07, 6.45) is 3.33. The minimum absolute atomic E-state index is 0.0189. The Balaban J connectivity index is 1.54. The number of nitro groups is 1. The van der Waals surface area contributed by atoms with Crippen LogP contribution in [0.3, 0.4) is 0 Å². The molecule has 2 aromatic carbocycles. The molecule has 0 radical (unpaired) electrons. The summed E-state index contributed by atoms with van der Waals surface area (Å²) in [6.45, 7) is 1.42. The standard InChI is InChI=1S/C22H22N4O6S/c27-21(23-16-7-9-17(10-8-16)26(29)30)15-33(31,32)20-13-25(19-6-2-1-5-18(19)20)14-22(28)24-11-3-4-12-24/h1-2,5-10,13H,3-4,11-12,14-15H2,(H,23,27). The highest BCUT2D eigenvalue weighted by Gasteiger charge is 2.26. The van der Waals surface area contributed by atoms with Crippen LogP contribution in [0.25, 0.3) is 10.9 Å². The number of rotatable bonds is 7. The summed E-state index contributed by atoms with van der Waals surface area (Å²) in [6, 6.07) is 11.9. The minimum Gasteiger partial charge on any atom is -0.341 e. The number of hydrogen-bond acceptors (Lipinski definition) is 6. The molecule has 10 nitrogen and oxygen atoms in total. The SMILES string of the molecule is O=C(CS(=O)(=O)c1cn(CC(=O)N2CCCC2)c2ccccc12)Nc1ccc([N+](=O)[O-])cc1. The Bertz CT molecular complexity index is 1320. The van der Waals surface area contributed by atoms with Crippen LogP contribution in [0.2, 0.25) is 0 Å². The molecule has 33 heavy (non-hydrogen) atoms. The quantitative estimate of drug-likeness (QED) is 0.417. The fraction of sp³-hybridized carbons (Fsp3) is 0.273. The van der Waals surface area contributed by atoms with Crippen LogP contribution in [-0.2, 0) is 26.0 Å². The molecule has 1 aliphatic heterocycles. The molecule has 1 aromatic heterocycles. The number of anilines is 1. The number of nitrogens with one attached hydrogen (secondary N) is 1. The Morgan fingerprint density at radius 3 is 2.36 bits per heavy atom. The third kappa shape index (κ3) is 4.87. The first-order valence-corrected chi connectivity index (χ1v) is 12.0. The van der Waals surface area contributed by atoms with E-state index in [0.29, 0.717) is 24.0 Å². The zero-order valence-corrected chi connectivity index (χ0v) is 18.5. The number of nitrogens with zero attached hydrogens (tertiary/aromatic N) is 3. The highest BCUT2D eigenvalue weighted by atomic mass is 32.2. The molecular formula is C22H22N4O6S. The number of nitro benzene ring substituents is 1. The van der Waals surface area contributed by atoms with E-state index in [2.05, 4.69) is 5.32 Å². The number of aromatic nitrogens is 1. The molecule has 0 aliphatic carbocycles. The van der Waals surface area contributed by atoms with Crippen molar-refractivity contribution in [3.63, 3.8) is 0 Å². The van der Waals surface area contributed by atoms with Gasteiger partial charge in [0.05, 0.1) is 9.82 Å². The van der Waals surface area contributed by atoms with E-state index in [4.69, 9.17) is 0 Å². The Morgan fingerprint density at radius 2 is 1.70 bits per heavy atom. The molecule has 0 atom stereocenters. The van der Waals surface area contributed by atoms with Crippen LogP contribution in [-0.4, -0.2) is 53.5 Å². The molecule has 1 fully saturated rings. The van der Waals surface area contributed by atoms with Crippen molar-refractivity contribution in [2.75, 3.05) is 24.2 Å². The second-order valence-electron chi connectivity index (χ2n) is 7.84. The maximum atomic E-state index is 13.1. The summed E-state index contributed by atoms with van der Waals surface area (Å²) in [5, 5.41) is 13.6. The summed E-state index contributed by atoms with van der Waals surface area (Å²) in [7, 11) is -4.03. The summed E-state index contributed by atoms with van der Waals surface area (Å²) in [5.41, 5.74) is 0.704. The van der Waals surface area contributed by atoms with E-state index in [1.165, 1.54) is 30.5 Å². The van der Waals surface area contributed by atoms with Crippen molar-refractivity contribution >= 4 is 43.9 Å². The minimum atomic E-state index is -4.03. The van der Waals surface area contributed by atoms with Gasteiger partial charge in [0.15, 0.2) is 9.84 Å². The molecule has 0 saturated carbocycles. The maximum Gasteiger partial charge on any atom is 0.269 e. The van der Waals surface area contributed by atoms with Crippen molar-refractivity contribution < 1.29 is 22.9 Å². The Hall–Kier alpha value is -3.73. The molecule has 172 valence electrons. The van der Waals surface area contributed by atoms with Gasteiger partial charge in [0.2, 0.25) is 11.8 Å². The molecule has 0 spiro atoms. The number of non-ortho nitro benzene ring substituents is 1. The molecule has 2 heterocycles. The van der Waals surface area contributed by atoms with Crippen molar-refractivity contribution in [2.45, 2.75) is 24.3 Å². The predicted octanol–water partition coefficient (Wildman–Crippen LogP) is 2.58. The molecule has 11 heteroatoms. The smallest absolute Gasteiger partial charge is 0.269 e. The number of para-hydroxylation sites is 1. The van der Waals surface area contributed by atoms with Gasteiger partial charge in [-0.2, -0.15) is 0 Å². The molecule has 2 amide bonds. The molecule has 1 saturated heterocycles. The number of fused-ring (bicyclic) bond motifs is 1. The third-order valence-electron chi connectivity index (χ3n) is 5.53. The number of sulfone groups is 1. The zero-order valence-electron chi connectivity index (χ0n) is 17.6. The van der Waals surface area contributed by atoms with Gasteiger partial charge < -0.3 is 14.8 Å². The van der Waals surface area contributed by atoms with E-state index < -0.39 is 26.4 Å². The van der Waals surface area contributed by atoms with E-state index >= 15 is 0 Å². The van der Waals surface area contributed by atoms with Crippen molar-refractivity contribution in [1.82, 2.24) is 9.47 Å². The van der Waals surface area contributed by atoms with Crippen LogP contribution in [0.4, 0.5) is 11.4 Å². The van der Waals surface area contributed by atoms with E-state index in [1.54, 1.807) is 33.7 Å². The lowest BCUT2D eigenvalue weighted by atomic mass is 10.2. The number of likely N-dealkylation sites (tertiary alicyclic amines) is 1. The van der Waals surface area contributed by atoms with Gasteiger partial charge in [-0.25, -0.2) is 8.42 Å². The zero-order chi connectivity index (χ0) is 23.6. The van der Waals surface area contributed by atoms with Crippen molar-refractivity contribution in [2.24, 2.45) is 0 Å². The lowest BCUT2D eigenvalue weighted by Crippen LogP contribution is -2.30. The lowest BCUT2D eigenvalue weighted by Gasteiger charge is -2.15. The molecular weight excluding hydrogens is 448 g/mol.